The molecule has 9 heteroatoms. The number of hydrogen-bond acceptors (Lipinski definition) is 7. The third kappa shape index (κ3) is 3.06. The zero-order valence-corrected chi connectivity index (χ0v) is 17.0. The maximum atomic E-state index is 12.8. The lowest BCUT2D eigenvalue weighted by molar-refractivity contribution is -0.146. The number of carbonyl (C=O) groups excluding carboxylic acids is 3. The van der Waals surface area contributed by atoms with Crippen molar-refractivity contribution in [2.24, 2.45) is 11.8 Å². The first kappa shape index (κ1) is 18.8. The number of ether oxygens (including phenoxy) is 2. The maximum Gasteiger partial charge on any atom is 0.249 e. The Balaban J connectivity index is 1.29. The number of likely N-dealkylation sites (tertiary alicyclic amines) is 1. The second kappa shape index (κ2) is 7.24. The lowest BCUT2D eigenvalue weighted by Gasteiger charge is -2.21. The highest BCUT2D eigenvalue weighted by atomic mass is 32.1. The first-order valence-corrected chi connectivity index (χ1v) is 10.6. The van der Waals surface area contributed by atoms with Gasteiger partial charge in [-0.2, -0.15) is 0 Å². The topological polar surface area (TPSA) is 97.8 Å². The number of benzene rings is 1. The van der Waals surface area contributed by atoms with E-state index in [1.165, 1.54) is 11.3 Å². The number of nitrogens with zero attached hydrogens (tertiary/aromatic N) is 2. The van der Waals surface area contributed by atoms with Crippen molar-refractivity contribution in [1.29, 1.82) is 0 Å². The van der Waals surface area contributed by atoms with E-state index in [0.717, 1.165) is 10.5 Å². The number of nitrogens with one attached hydrogen (secondary N) is 1. The van der Waals surface area contributed by atoms with Gasteiger partial charge in [0.2, 0.25) is 24.5 Å². The highest BCUT2D eigenvalue weighted by Crippen LogP contribution is 2.38. The van der Waals surface area contributed by atoms with Crippen LogP contribution >= 0.6 is 11.3 Å². The summed E-state index contributed by atoms with van der Waals surface area (Å²) in [6.45, 7) is 1.77. The Morgan fingerprint density at radius 1 is 1.17 bits per heavy atom. The molecule has 1 fully saturated rings. The molecule has 1 N–H and O–H groups in total. The highest BCUT2D eigenvalue weighted by Gasteiger charge is 2.50. The predicted octanol–water partition coefficient (Wildman–Crippen LogP) is 2.82. The smallest absolute Gasteiger partial charge is 0.249 e. The Hall–Kier alpha value is -3.20. The largest absolute Gasteiger partial charge is 0.454 e. The number of fused-ring (bicyclic) bond motifs is 2. The minimum Gasteiger partial charge on any atom is -0.454 e. The number of rotatable bonds is 4. The lowest BCUT2D eigenvalue weighted by atomic mass is 9.85. The Morgan fingerprint density at radius 2 is 1.87 bits per heavy atom. The van der Waals surface area contributed by atoms with Crippen LogP contribution < -0.4 is 14.8 Å². The molecule has 3 aliphatic rings. The van der Waals surface area contributed by atoms with Crippen LogP contribution in [0.25, 0.3) is 11.3 Å². The summed E-state index contributed by atoms with van der Waals surface area (Å²) in [5, 5.41) is 4.96. The fraction of sp³-hybridized carbons (Fsp3) is 0.333. The van der Waals surface area contributed by atoms with Gasteiger partial charge in [0.05, 0.1) is 17.5 Å². The van der Waals surface area contributed by atoms with E-state index in [2.05, 4.69) is 10.3 Å². The molecule has 3 amide bonds. The van der Waals surface area contributed by atoms with Gasteiger partial charge in [0, 0.05) is 10.9 Å². The minimum atomic E-state index is -0.895. The molecule has 3 atom stereocenters. The van der Waals surface area contributed by atoms with Crippen LogP contribution in [0.1, 0.15) is 19.8 Å². The Bertz CT molecular complexity index is 1050. The second-order valence-corrected chi connectivity index (χ2v) is 8.33. The van der Waals surface area contributed by atoms with E-state index in [-0.39, 0.29) is 30.4 Å². The molecule has 2 aliphatic heterocycles. The summed E-state index contributed by atoms with van der Waals surface area (Å²) in [6.07, 6.45) is 4.94. The van der Waals surface area contributed by atoms with Crippen molar-refractivity contribution < 1.29 is 23.9 Å². The number of allylic oxidation sites excluding steroid dienone is 2. The third-order valence-electron chi connectivity index (χ3n) is 5.71. The van der Waals surface area contributed by atoms with Gasteiger partial charge in [-0.25, -0.2) is 4.98 Å². The zero-order chi connectivity index (χ0) is 20.8. The van der Waals surface area contributed by atoms with E-state index in [1.807, 2.05) is 35.7 Å². The lowest BCUT2D eigenvalue weighted by Crippen LogP contribution is -2.46. The van der Waals surface area contributed by atoms with E-state index in [9.17, 15) is 14.4 Å². The van der Waals surface area contributed by atoms with Crippen molar-refractivity contribution in [2.45, 2.75) is 25.8 Å². The monoisotopic (exact) mass is 425 g/mol. The number of imide groups is 1. The Morgan fingerprint density at radius 3 is 2.60 bits per heavy atom. The second-order valence-electron chi connectivity index (χ2n) is 7.47. The summed E-state index contributed by atoms with van der Waals surface area (Å²) in [4.78, 5) is 43.7. The number of thiazole rings is 1. The van der Waals surface area contributed by atoms with Gasteiger partial charge in [-0.05, 0) is 38.0 Å². The van der Waals surface area contributed by atoms with Gasteiger partial charge in [0.15, 0.2) is 16.6 Å². The quantitative estimate of drug-likeness (QED) is 0.598. The van der Waals surface area contributed by atoms with Gasteiger partial charge in [-0.15, -0.1) is 11.3 Å². The van der Waals surface area contributed by atoms with E-state index >= 15 is 0 Å². The van der Waals surface area contributed by atoms with Crippen LogP contribution in [0.4, 0.5) is 5.13 Å². The molecule has 1 aromatic carbocycles. The molecule has 0 radical (unpaired) electrons. The summed E-state index contributed by atoms with van der Waals surface area (Å²) < 4.78 is 10.7. The van der Waals surface area contributed by atoms with E-state index in [1.54, 1.807) is 6.92 Å². The van der Waals surface area contributed by atoms with Crippen molar-refractivity contribution in [3.63, 3.8) is 0 Å². The van der Waals surface area contributed by atoms with Crippen LogP contribution in [0.15, 0.2) is 35.7 Å². The number of aromatic nitrogens is 1. The average molecular weight is 425 g/mol. The van der Waals surface area contributed by atoms with Crippen molar-refractivity contribution in [2.75, 3.05) is 12.1 Å². The number of amides is 3. The first-order chi connectivity index (χ1) is 14.5. The third-order valence-corrected chi connectivity index (χ3v) is 6.47. The van der Waals surface area contributed by atoms with Crippen molar-refractivity contribution in [1.82, 2.24) is 9.88 Å². The van der Waals surface area contributed by atoms with Crippen LogP contribution in [0.2, 0.25) is 0 Å². The van der Waals surface area contributed by atoms with Gasteiger partial charge >= 0.3 is 0 Å². The molecule has 5 rings (SSSR count). The van der Waals surface area contributed by atoms with Gasteiger partial charge in [-0.1, -0.05) is 12.2 Å². The molecule has 0 saturated carbocycles. The molecule has 30 heavy (non-hydrogen) atoms. The summed E-state index contributed by atoms with van der Waals surface area (Å²) in [5.41, 5.74) is 1.53. The standard InChI is InChI=1S/C21H19N3O5S/c1-11(24-19(26)13-4-2-3-5-14(13)20(24)27)18(25)23-21-22-15(9-30-21)12-6-7-16-17(8-12)29-10-28-16/h2-3,6-9,11,13-14H,4-5,10H2,1H3,(H,22,23,25)/t11-,13?,14?/m0/s1. The normalized spacial score (nSPS) is 22.9. The molecular formula is C21H19N3O5S. The molecule has 154 valence electrons. The summed E-state index contributed by atoms with van der Waals surface area (Å²) in [7, 11) is 0. The van der Waals surface area contributed by atoms with Crippen LogP contribution in [0.3, 0.4) is 0 Å². The summed E-state index contributed by atoms with van der Waals surface area (Å²) >= 11 is 1.27. The van der Waals surface area contributed by atoms with Crippen LogP contribution in [-0.4, -0.2) is 40.4 Å². The van der Waals surface area contributed by atoms with Gasteiger partial charge in [0.25, 0.3) is 0 Å². The minimum absolute atomic E-state index is 0.195. The highest BCUT2D eigenvalue weighted by molar-refractivity contribution is 7.14. The zero-order valence-electron chi connectivity index (χ0n) is 16.2. The molecule has 0 bridgehead atoms. The predicted molar refractivity (Wildman–Crippen MR) is 109 cm³/mol. The van der Waals surface area contributed by atoms with Crippen LogP contribution in [0, 0.1) is 11.8 Å². The molecule has 2 unspecified atom stereocenters. The summed E-state index contributed by atoms with van der Waals surface area (Å²) in [5.74, 6) is -0.330. The van der Waals surface area contributed by atoms with E-state index < -0.39 is 11.9 Å². The number of carbonyl (C=O) groups is 3. The van der Waals surface area contributed by atoms with Crippen LogP contribution in [0.5, 0.6) is 11.5 Å². The average Bonchev–Trinajstić information content (AvgIpc) is 3.46. The van der Waals surface area contributed by atoms with E-state index in [4.69, 9.17) is 9.47 Å². The van der Waals surface area contributed by atoms with E-state index in [0.29, 0.717) is 35.2 Å². The molecule has 8 nitrogen and oxygen atoms in total. The number of hydrogen-bond donors (Lipinski definition) is 1. The Labute approximate surface area is 176 Å². The van der Waals surface area contributed by atoms with Crippen LogP contribution in [-0.2, 0) is 14.4 Å². The maximum absolute atomic E-state index is 12.8. The summed E-state index contributed by atoms with van der Waals surface area (Å²) in [6, 6.07) is 4.63. The molecule has 1 saturated heterocycles. The molecule has 1 aliphatic carbocycles. The van der Waals surface area contributed by atoms with Crippen molar-refractivity contribution in [3.05, 3.63) is 35.7 Å². The Kier molecular flexibility index (Phi) is 4.54. The number of anilines is 1. The molecule has 1 aromatic heterocycles. The van der Waals surface area contributed by atoms with Crippen molar-refractivity contribution >= 4 is 34.2 Å². The fourth-order valence-corrected chi connectivity index (χ4v) is 4.78. The van der Waals surface area contributed by atoms with Crippen molar-refractivity contribution in [3.8, 4) is 22.8 Å². The van der Waals surface area contributed by atoms with Gasteiger partial charge in [0.1, 0.15) is 6.04 Å². The molecule has 2 aromatic rings. The molecule has 3 heterocycles. The molecule has 0 spiro atoms. The SMILES string of the molecule is C[C@@H](C(=O)Nc1nc(-c2ccc3c(c2)OCO3)cs1)N1C(=O)C2CC=CCC2C1=O. The van der Waals surface area contributed by atoms with Gasteiger partial charge in [-0.3, -0.25) is 19.3 Å². The first-order valence-electron chi connectivity index (χ1n) is 9.71. The molecular weight excluding hydrogens is 406 g/mol. The fourth-order valence-electron chi connectivity index (χ4n) is 4.05. The van der Waals surface area contributed by atoms with Gasteiger partial charge < -0.3 is 14.8 Å².